The molecule has 0 saturated heterocycles. The van der Waals surface area contributed by atoms with Gasteiger partial charge in [-0.1, -0.05) is 48.5 Å². The van der Waals surface area contributed by atoms with Crippen LogP contribution in [0, 0.1) is 6.92 Å². The highest BCUT2D eigenvalue weighted by molar-refractivity contribution is 7.13. The fourth-order valence-corrected chi connectivity index (χ4v) is 3.10. The molecule has 0 aliphatic rings. The van der Waals surface area contributed by atoms with E-state index in [4.69, 9.17) is 4.74 Å². The third kappa shape index (κ3) is 4.15. The first-order valence-corrected chi connectivity index (χ1v) is 9.01. The van der Waals surface area contributed by atoms with E-state index in [-0.39, 0.29) is 11.6 Å². The number of thiazole rings is 1. The molecular formula is C20H18N2O3S. The highest BCUT2D eigenvalue weighted by atomic mass is 32.1. The van der Waals surface area contributed by atoms with Crippen LogP contribution in [-0.2, 0) is 9.53 Å². The number of carbonyl (C=O) groups excluding carboxylic acids is 2. The van der Waals surface area contributed by atoms with E-state index in [1.54, 1.807) is 11.4 Å². The molecule has 1 atom stereocenters. The number of hydrogen-bond acceptors (Lipinski definition) is 5. The van der Waals surface area contributed by atoms with E-state index < -0.39 is 12.1 Å². The molecule has 0 aliphatic heterocycles. The van der Waals surface area contributed by atoms with Gasteiger partial charge in [0, 0.05) is 16.6 Å². The lowest BCUT2D eigenvalue weighted by molar-refractivity contribution is -0.123. The molecular weight excluding hydrogens is 348 g/mol. The zero-order chi connectivity index (χ0) is 18.5. The van der Waals surface area contributed by atoms with E-state index in [1.807, 2.05) is 55.5 Å². The summed E-state index contributed by atoms with van der Waals surface area (Å²) in [6.07, 6.45) is -0.927. The summed E-state index contributed by atoms with van der Waals surface area (Å²) >= 11 is 1.36. The number of ether oxygens (including phenoxy) is 1. The summed E-state index contributed by atoms with van der Waals surface area (Å²) in [4.78, 5) is 28.8. The van der Waals surface area contributed by atoms with Crippen molar-refractivity contribution < 1.29 is 14.3 Å². The lowest BCUT2D eigenvalue weighted by atomic mass is 10.2. The van der Waals surface area contributed by atoms with E-state index in [0.29, 0.717) is 5.69 Å². The molecule has 1 N–H and O–H groups in total. The van der Waals surface area contributed by atoms with E-state index >= 15 is 0 Å². The smallest absolute Gasteiger partial charge is 0.358 e. The number of para-hydroxylation sites is 1. The molecule has 0 bridgehead atoms. The second-order valence-electron chi connectivity index (χ2n) is 5.76. The van der Waals surface area contributed by atoms with Gasteiger partial charge in [-0.25, -0.2) is 9.78 Å². The minimum atomic E-state index is -0.927. The Morgan fingerprint density at radius 2 is 1.77 bits per heavy atom. The van der Waals surface area contributed by atoms with Crippen molar-refractivity contribution in [3.05, 3.63) is 71.2 Å². The highest BCUT2D eigenvalue weighted by Gasteiger charge is 2.21. The Kier molecular flexibility index (Phi) is 5.43. The van der Waals surface area contributed by atoms with Crippen molar-refractivity contribution in [3.8, 4) is 10.6 Å². The van der Waals surface area contributed by atoms with E-state index in [0.717, 1.165) is 16.1 Å². The normalized spacial score (nSPS) is 11.6. The van der Waals surface area contributed by atoms with Gasteiger partial charge >= 0.3 is 5.97 Å². The molecule has 2 aromatic carbocycles. The molecule has 1 heterocycles. The van der Waals surface area contributed by atoms with Crippen molar-refractivity contribution in [2.75, 3.05) is 5.32 Å². The Hall–Kier alpha value is -2.99. The molecule has 6 heteroatoms. The first-order valence-electron chi connectivity index (χ1n) is 8.13. The monoisotopic (exact) mass is 366 g/mol. The number of nitrogens with one attached hydrogen (secondary N) is 1. The van der Waals surface area contributed by atoms with Crippen molar-refractivity contribution in [2.24, 2.45) is 0 Å². The number of nitrogens with zero attached hydrogens (tertiary/aromatic N) is 1. The number of anilines is 1. The number of esters is 1. The van der Waals surface area contributed by atoms with Crippen LogP contribution in [0.1, 0.15) is 23.0 Å². The SMILES string of the molecule is Cc1ccccc1NC(=O)C(C)OC(=O)c1csc(-c2ccccc2)n1. The second kappa shape index (κ2) is 7.93. The Labute approximate surface area is 155 Å². The van der Waals surface area contributed by atoms with Crippen LogP contribution in [0.15, 0.2) is 60.0 Å². The molecule has 0 radical (unpaired) electrons. The van der Waals surface area contributed by atoms with Crippen LogP contribution in [0.25, 0.3) is 10.6 Å². The number of amides is 1. The van der Waals surface area contributed by atoms with Crippen molar-refractivity contribution in [3.63, 3.8) is 0 Å². The summed E-state index contributed by atoms with van der Waals surface area (Å²) in [5.74, 6) is -0.998. The second-order valence-corrected chi connectivity index (χ2v) is 6.61. The summed E-state index contributed by atoms with van der Waals surface area (Å²) in [7, 11) is 0. The lowest BCUT2D eigenvalue weighted by Crippen LogP contribution is -2.30. The number of aryl methyl sites for hydroxylation is 1. The molecule has 3 aromatic rings. The zero-order valence-electron chi connectivity index (χ0n) is 14.4. The fraction of sp³-hybridized carbons (Fsp3) is 0.150. The average Bonchev–Trinajstić information content (AvgIpc) is 3.14. The standard InChI is InChI=1S/C20H18N2O3S/c1-13-8-6-7-11-16(13)21-18(23)14(2)25-20(24)17-12-26-19(22-17)15-9-4-3-5-10-15/h3-12,14H,1-2H3,(H,21,23). The van der Waals surface area contributed by atoms with Crippen LogP contribution in [0.5, 0.6) is 0 Å². The summed E-state index contributed by atoms with van der Waals surface area (Å²) < 4.78 is 5.25. The maximum atomic E-state index is 12.3. The fourth-order valence-electron chi connectivity index (χ4n) is 2.30. The predicted octanol–water partition coefficient (Wildman–Crippen LogP) is 4.30. The summed E-state index contributed by atoms with van der Waals surface area (Å²) in [5, 5.41) is 5.13. The number of carbonyl (C=O) groups is 2. The van der Waals surface area contributed by atoms with Gasteiger partial charge in [0.05, 0.1) is 0 Å². The number of hydrogen-bond donors (Lipinski definition) is 1. The van der Waals surface area contributed by atoms with Gasteiger partial charge < -0.3 is 10.1 Å². The molecule has 0 saturated carbocycles. The Balaban J connectivity index is 1.63. The van der Waals surface area contributed by atoms with Gasteiger partial charge in [-0.3, -0.25) is 4.79 Å². The average molecular weight is 366 g/mol. The number of rotatable bonds is 5. The number of aromatic nitrogens is 1. The topological polar surface area (TPSA) is 68.3 Å². The Bertz CT molecular complexity index is 922. The molecule has 0 fully saturated rings. The highest BCUT2D eigenvalue weighted by Crippen LogP contribution is 2.23. The number of benzene rings is 2. The van der Waals surface area contributed by atoms with Crippen molar-refractivity contribution in [1.82, 2.24) is 4.98 Å². The van der Waals surface area contributed by atoms with Gasteiger partial charge in [0.15, 0.2) is 11.8 Å². The van der Waals surface area contributed by atoms with E-state index in [9.17, 15) is 9.59 Å². The minimum absolute atomic E-state index is 0.199. The third-order valence-electron chi connectivity index (χ3n) is 3.79. The molecule has 132 valence electrons. The van der Waals surface area contributed by atoms with E-state index in [2.05, 4.69) is 10.3 Å². The van der Waals surface area contributed by atoms with Crippen LogP contribution >= 0.6 is 11.3 Å². The Morgan fingerprint density at radius 3 is 2.50 bits per heavy atom. The van der Waals surface area contributed by atoms with Crippen LogP contribution in [0.4, 0.5) is 5.69 Å². The third-order valence-corrected chi connectivity index (χ3v) is 4.68. The predicted molar refractivity (Wildman–Crippen MR) is 102 cm³/mol. The van der Waals surface area contributed by atoms with Gasteiger partial charge in [-0.15, -0.1) is 11.3 Å². The molecule has 0 aliphatic carbocycles. The quantitative estimate of drug-likeness (QED) is 0.684. The minimum Gasteiger partial charge on any atom is -0.448 e. The van der Waals surface area contributed by atoms with Gasteiger partial charge in [0.25, 0.3) is 5.91 Å². The van der Waals surface area contributed by atoms with Crippen LogP contribution in [0.3, 0.4) is 0 Å². The van der Waals surface area contributed by atoms with Crippen molar-refractivity contribution in [1.29, 1.82) is 0 Å². The summed E-state index contributed by atoms with van der Waals surface area (Å²) in [6.45, 7) is 3.43. The largest absolute Gasteiger partial charge is 0.448 e. The summed E-state index contributed by atoms with van der Waals surface area (Å²) in [6, 6.07) is 17.0. The van der Waals surface area contributed by atoms with Crippen molar-refractivity contribution in [2.45, 2.75) is 20.0 Å². The molecule has 3 rings (SSSR count). The summed E-state index contributed by atoms with van der Waals surface area (Å²) in [5.41, 5.74) is 2.76. The van der Waals surface area contributed by atoms with Crippen LogP contribution < -0.4 is 5.32 Å². The van der Waals surface area contributed by atoms with E-state index in [1.165, 1.54) is 18.3 Å². The maximum Gasteiger partial charge on any atom is 0.358 e. The molecule has 1 unspecified atom stereocenters. The van der Waals surface area contributed by atoms with Crippen LogP contribution in [0.2, 0.25) is 0 Å². The van der Waals surface area contributed by atoms with Gasteiger partial charge in [0.2, 0.25) is 0 Å². The molecule has 5 nitrogen and oxygen atoms in total. The Morgan fingerprint density at radius 1 is 1.08 bits per heavy atom. The lowest BCUT2D eigenvalue weighted by Gasteiger charge is -2.14. The van der Waals surface area contributed by atoms with Gasteiger partial charge in [-0.05, 0) is 25.5 Å². The van der Waals surface area contributed by atoms with Crippen molar-refractivity contribution >= 4 is 28.9 Å². The molecule has 0 spiro atoms. The van der Waals surface area contributed by atoms with Gasteiger partial charge in [0.1, 0.15) is 5.01 Å². The molecule has 1 amide bonds. The van der Waals surface area contributed by atoms with Crippen LogP contribution in [-0.4, -0.2) is 23.0 Å². The first kappa shape index (κ1) is 17.8. The molecule has 26 heavy (non-hydrogen) atoms. The molecule has 1 aromatic heterocycles. The van der Waals surface area contributed by atoms with Gasteiger partial charge in [-0.2, -0.15) is 0 Å². The zero-order valence-corrected chi connectivity index (χ0v) is 15.2. The maximum absolute atomic E-state index is 12.3. The first-order chi connectivity index (χ1) is 12.5.